The number of benzene rings is 2. The minimum absolute atomic E-state index is 0.0299. The van der Waals surface area contributed by atoms with Crippen molar-refractivity contribution in [3.05, 3.63) is 71.3 Å². The predicted octanol–water partition coefficient (Wildman–Crippen LogP) is 5.01. The molecule has 0 spiro atoms. The van der Waals surface area contributed by atoms with E-state index in [9.17, 15) is 9.59 Å². The third-order valence-corrected chi connectivity index (χ3v) is 7.42. The Hall–Kier alpha value is -2.66. The molecule has 2 aromatic rings. The molecule has 5 nitrogen and oxygen atoms in total. The first-order valence-electron chi connectivity index (χ1n) is 13.0. The van der Waals surface area contributed by atoms with Gasteiger partial charge in [0.25, 0.3) is 5.91 Å². The summed E-state index contributed by atoms with van der Waals surface area (Å²) in [7, 11) is 0. The SMILES string of the molecule is O=C(CCC1CCC(NC(=O)c2ccc(C3CCNCC3)cc2)CC1)OCCc1ccccc1. The summed E-state index contributed by atoms with van der Waals surface area (Å²) in [4.78, 5) is 24.8. The summed E-state index contributed by atoms with van der Waals surface area (Å²) in [5.74, 6) is 1.08. The van der Waals surface area contributed by atoms with E-state index in [0.717, 1.165) is 57.2 Å². The summed E-state index contributed by atoms with van der Waals surface area (Å²) >= 11 is 0. The molecule has 4 rings (SSSR count). The van der Waals surface area contributed by atoms with Crippen LogP contribution in [0.5, 0.6) is 0 Å². The molecule has 182 valence electrons. The van der Waals surface area contributed by atoms with Gasteiger partial charge in [-0.1, -0.05) is 42.5 Å². The second kappa shape index (κ2) is 12.7. The third kappa shape index (κ3) is 7.42. The van der Waals surface area contributed by atoms with E-state index in [1.165, 1.54) is 24.0 Å². The Labute approximate surface area is 203 Å². The number of amides is 1. The van der Waals surface area contributed by atoms with Crippen molar-refractivity contribution in [3.63, 3.8) is 0 Å². The lowest BCUT2D eigenvalue weighted by Crippen LogP contribution is -2.37. The van der Waals surface area contributed by atoms with Gasteiger partial charge < -0.3 is 15.4 Å². The second-order valence-electron chi connectivity index (χ2n) is 9.83. The fraction of sp³-hybridized carbons (Fsp3) is 0.517. The van der Waals surface area contributed by atoms with Crippen LogP contribution in [0.1, 0.15) is 78.8 Å². The maximum Gasteiger partial charge on any atom is 0.305 e. The molecule has 1 saturated carbocycles. The molecule has 1 saturated heterocycles. The molecule has 2 N–H and O–H groups in total. The summed E-state index contributed by atoms with van der Waals surface area (Å²) < 4.78 is 5.41. The van der Waals surface area contributed by atoms with Crippen LogP contribution in [0.4, 0.5) is 0 Å². The Kier molecular flexibility index (Phi) is 9.14. The molecule has 5 heteroatoms. The molecule has 0 radical (unpaired) electrons. The molecule has 0 unspecified atom stereocenters. The van der Waals surface area contributed by atoms with E-state index in [4.69, 9.17) is 4.74 Å². The number of hydrogen-bond acceptors (Lipinski definition) is 4. The van der Waals surface area contributed by atoms with Gasteiger partial charge in [0.05, 0.1) is 6.61 Å². The van der Waals surface area contributed by atoms with Crippen LogP contribution in [0.2, 0.25) is 0 Å². The monoisotopic (exact) mass is 462 g/mol. The van der Waals surface area contributed by atoms with Gasteiger partial charge in [0.1, 0.15) is 0 Å². The molecule has 1 heterocycles. The van der Waals surface area contributed by atoms with Crippen molar-refractivity contribution in [2.24, 2.45) is 5.92 Å². The average molecular weight is 463 g/mol. The van der Waals surface area contributed by atoms with Crippen LogP contribution < -0.4 is 10.6 Å². The molecule has 2 aliphatic rings. The molecule has 2 aromatic carbocycles. The van der Waals surface area contributed by atoms with Crippen molar-refractivity contribution < 1.29 is 14.3 Å². The van der Waals surface area contributed by atoms with E-state index in [1.807, 2.05) is 30.3 Å². The highest BCUT2D eigenvalue weighted by molar-refractivity contribution is 5.94. The third-order valence-electron chi connectivity index (χ3n) is 7.42. The minimum Gasteiger partial charge on any atom is -0.465 e. The largest absolute Gasteiger partial charge is 0.465 e. The van der Waals surface area contributed by atoms with Gasteiger partial charge >= 0.3 is 5.97 Å². The number of piperidine rings is 1. The summed E-state index contributed by atoms with van der Waals surface area (Å²) in [6, 6.07) is 18.5. The molecule has 34 heavy (non-hydrogen) atoms. The fourth-order valence-corrected chi connectivity index (χ4v) is 5.25. The van der Waals surface area contributed by atoms with Crippen LogP contribution in [-0.2, 0) is 16.0 Å². The van der Waals surface area contributed by atoms with Crippen LogP contribution in [0.25, 0.3) is 0 Å². The van der Waals surface area contributed by atoms with E-state index >= 15 is 0 Å². The van der Waals surface area contributed by atoms with Gasteiger partial charge in [0.2, 0.25) is 0 Å². The lowest BCUT2D eigenvalue weighted by atomic mass is 9.83. The van der Waals surface area contributed by atoms with Gasteiger partial charge in [0.15, 0.2) is 0 Å². The van der Waals surface area contributed by atoms with Gasteiger partial charge in [0, 0.05) is 24.4 Å². The van der Waals surface area contributed by atoms with Crippen molar-refractivity contribution in [3.8, 4) is 0 Å². The molecular formula is C29H38N2O3. The molecule has 1 aliphatic heterocycles. The van der Waals surface area contributed by atoms with Crippen molar-refractivity contribution in [2.75, 3.05) is 19.7 Å². The van der Waals surface area contributed by atoms with Crippen LogP contribution in [0.3, 0.4) is 0 Å². The smallest absolute Gasteiger partial charge is 0.305 e. The highest BCUT2D eigenvalue weighted by atomic mass is 16.5. The van der Waals surface area contributed by atoms with Gasteiger partial charge in [-0.05, 0) is 93.1 Å². The predicted molar refractivity (Wildman–Crippen MR) is 135 cm³/mol. The highest BCUT2D eigenvalue weighted by Gasteiger charge is 2.24. The average Bonchev–Trinajstić information content (AvgIpc) is 2.89. The summed E-state index contributed by atoms with van der Waals surface area (Å²) in [5, 5.41) is 6.63. The van der Waals surface area contributed by atoms with E-state index in [1.54, 1.807) is 0 Å². The Balaban J connectivity index is 1.11. The zero-order valence-electron chi connectivity index (χ0n) is 20.1. The zero-order valence-corrected chi connectivity index (χ0v) is 20.1. The normalized spacial score (nSPS) is 21.1. The number of ether oxygens (including phenoxy) is 1. The molecule has 0 atom stereocenters. The maximum atomic E-state index is 12.7. The quantitative estimate of drug-likeness (QED) is 0.514. The van der Waals surface area contributed by atoms with E-state index in [-0.39, 0.29) is 17.9 Å². The lowest BCUT2D eigenvalue weighted by Gasteiger charge is -2.29. The van der Waals surface area contributed by atoms with Gasteiger partial charge in [-0.3, -0.25) is 9.59 Å². The molecule has 2 fully saturated rings. The van der Waals surface area contributed by atoms with Crippen molar-refractivity contribution in [1.82, 2.24) is 10.6 Å². The first kappa shape index (κ1) is 24.5. The van der Waals surface area contributed by atoms with Crippen molar-refractivity contribution in [2.45, 2.75) is 69.7 Å². The zero-order chi connectivity index (χ0) is 23.6. The van der Waals surface area contributed by atoms with E-state index < -0.39 is 0 Å². The number of carbonyl (C=O) groups is 2. The topological polar surface area (TPSA) is 67.4 Å². The Morgan fingerprint density at radius 3 is 2.29 bits per heavy atom. The van der Waals surface area contributed by atoms with Crippen LogP contribution in [-0.4, -0.2) is 37.6 Å². The van der Waals surface area contributed by atoms with Crippen LogP contribution in [0, 0.1) is 5.92 Å². The van der Waals surface area contributed by atoms with Gasteiger partial charge in [-0.25, -0.2) is 0 Å². The van der Waals surface area contributed by atoms with Crippen molar-refractivity contribution >= 4 is 11.9 Å². The van der Waals surface area contributed by atoms with Gasteiger partial charge in [-0.2, -0.15) is 0 Å². The summed E-state index contributed by atoms with van der Waals surface area (Å²) in [5.41, 5.74) is 3.28. The number of rotatable bonds is 9. The van der Waals surface area contributed by atoms with Crippen LogP contribution in [0.15, 0.2) is 54.6 Å². The Morgan fingerprint density at radius 2 is 1.59 bits per heavy atom. The summed E-state index contributed by atoms with van der Waals surface area (Å²) in [6.45, 7) is 2.59. The first-order valence-corrected chi connectivity index (χ1v) is 13.0. The number of nitrogens with one attached hydrogen (secondary N) is 2. The number of carbonyl (C=O) groups excluding carboxylic acids is 2. The maximum absolute atomic E-state index is 12.7. The highest BCUT2D eigenvalue weighted by Crippen LogP contribution is 2.29. The second-order valence-corrected chi connectivity index (χ2v) is 9.83. The van der Waals surface area contributed by atoms with E-state index in [2.05, 4.69) is 34.9 Å². The minimum atomic E-state index is -0.0979. The molecule has 0 aromatic heterocycles. The van der Waals surface area contributed by atoms with Crippen LogP contribution >= 0.6 is 0 Å². The lowest BCUT2D eigenvalue weighted by molar-refractivity contribution is -0.143. The Morgan fingerprint density at radius 1 is 0.882 bits per heavy atom. The molecular weight excluding hydrogens is 424 g/mol. The summed E-state index contributed by atoms with van der Waals surface area (Å²) in [6.07, 6.45) is 8.52. The number of esters is 1. The fourth-order valence-electron chi connectivity index (χ4n) is 5.25. The molecule has 0 bridgehead atoms. The number of hydrogen-bond donors (Lipinski definition) is 2. The first-order chi connectivity index (χ1) is 16.7. The molecule has 1 aliphatic carbocycles. The Bertz CT molecular complexity index is 899. The van der Waals surface area contributed by atoms with Gasteiger partial charge in [-0.15, -0.1) is 0 Å². The van der Waals surface area contributed by atoms with E-state index in [0.29, 0.717) is 24.9 Å². The standard InChI is InChI=1S/C29H38N2O3/c32-28(34-21-18-22-4-2-1-3-5-22)15-8-23-6-13-27(14-7-23)31-29(33)26-11-9-24(10-12-26)25-16-19-30-20-17-25/h1-5,9-12,23,25,27,30H,6-8,13-21H2,(H,31,33). The van der Waals surface area contributed by atoms with Crippen molar-refractivity contribution in [1.29, 1.82) is 0 Å². The molecule has 1 amide bonds.